The number of rotatable bonds is 4. The summed E-state index contributed by atoms with van der Waals surface area (Å²) in [5, 5.41) is 0.840. The van der Waals surface area contributed by atoms with Gasteiger partial charge in [0.25, 0.3) is 0 Å². The third kappa shape index (κ3) is 3.85. The van der Waals surface area contributed by atoms with Crippen molar-refractivity contribution in [1.29, 1.82) is 0 Å². The highest BCUT2D eigenvalue weighted by molar-refractivity contribution is 6.34. The molecule has 0 aliphatic carbocycles. The molecular weight excluding hydrogens is 300 g/mol. The number of nitrogens with two attached hydrogens (primary N) is 1. The lowest BCUT2D eigenvalue weighted by atomic mass is 10.1. The maximum absolute atomic E-state index is 14.0. The summed E-state index contributed by atoms with van der Waals surface area (Å²) >= 11 is 11.8. The first-order valence-corrected chi connectivity index (χ1v) is 6.88. The minimum atomic E-state index is -0.459. The average molecular weight is 314 g/mol. The largest absolute Gasteiger partial charge is 0.453 e. The van der Waals surface area contributed by atoms with Crippen LogP contribution in [0.3, 0.4) is 0 Å². The van der Waals surface area contributed by atoms with Gasteiger partial charge in [0.1, 0.15) is 5.75 Å². The Morgan fingerprint density at radius 3 is 2.55 bits per heavy atom. The van der Waals surface area contributed by atoms with Gasteiger partial charge in [0.05, 0.1) is 5.02 Å². The lowest BCUT2D eigenvalue weighted by molar-refractivity contribution is 0.441. The Kier molecular flexibility index (Phi) is 4.86. The first kappa shape index (κ1) is 15.1. The monoisotopic (exact) mass is 313 g/mol. The van der Waals surface area contributed by atoms with Crippen molar-refractivity contribution in [2.45, 2.75) is 19.4 Å². The van der Waals surface area contributed by atoms with E-state index in [0.29, 0.717) is 22.2 Å². The van der Waals surface area contributed by atoms with Crippen molar-refractivity contribution in [3.63, 3.8) is 0 Å². The second-order valence-electron chi connectivity index (χ2n) is 4.62. The minimum absolute atomic E-state index is 0.0245. The lowest BCUT2D eigenvalue weighted by Gasteiger charge is -2.11. The molecule has 0 saturated carbocycles. The number of hydrogen-bond donors (Lipinski definition) is 1. The molecule has 2 aromatic carbocycles. The molecule has 5 heteroatoms. The maximum atomic E-state index is 14.0. The van der Waals surface area contributed by atoms with Gasteiger partial charge < -0.3 is 10.5 Å². The predicted molar refractivity (Wildman–Crippen MR) is 80.3 cm³/mol. The van der Waals surface area contributed by atoms with Crippen molar-refractivity contribution >= 4 is 23.2 Å². The van der Waals surface area contributed by atoms with E-state index < -0.39 is 5.82 Å². The van der Waals surface area contributed by atoms with Crippen LogP contribution in [0.2, 0.25) is 10.0 Å². The van der Waals surface area contributed by atoms with Crippen LogP contribution in [0.15, 0.2) is 36.4 Å². The molecule has 0 aromatic heterocycles. The Balaban J connectivity index is 2.23. The zero-order valence-corrected chi connectivity index (χ0v) is 12.4. The Bertz CT molecular complexity index is 617. The smallest absolute Gasteiger partial charge is 0.165 e. The van der Waals surface area contributed by atoms with Crippen LogP contribution in [0.1, 0.15) is 12.5 Å². The highest BCUT2D eigenvalue weighted by atomic mass is 35.5. The fraction of sp³-hybridized carbons (Fsp3) is 0.200. The average Bonchev–Trinajstić information content (AvgIpc) is 2.36. The van der Waals surface area contributed by atoms with Gasteiger partial charge in [0.15, 0.2) is 11.6 Å². The predicted octanol–water partition coefficient (Wildman–Crippen LogP) is 4.81. The van der Waals surface area contributed by atoms with Crippen molar-refractivity contribution in [3.8, 4) is 11.5 Å². The second-order valence-corrected chi connectivity index (χ2v) is 5.47. The zero-order chi connectivity index (χ0) is 14.7. The van der Waals surface area contributed by atoms with Gasteiger partial charge in [0.2, 0.25) is 0 Å². The zero-order valence-electron chi connectivity index (χ0n) is 10.9. The summed E-state index contributed by atoms with van der Waals surface area (Å²) in [7, 11) is 0. The first-order valence-electron chi connectivity index (χ1n) is 6.12. The van der Waals surface area contributed by atoms with Gasteiger partial charge in [0, 0.05) is 17.1 Å². The summed E-state index contributed by atoms with van der Waals surface area (Å²) in [6.45, 7) is 1.87. The number of benzene rings is 2. The van der Waals surface area contributed by atoms with Crippen LogP contribution in [-0.4, -0.2) is 6.04 Å². The third-order valence-corrected chi connectivity index (χ3v) is 3.21. The summed E-state index contributed by atoms with van der Waals surface area (Å²) in [5.74, 6) is -0.0419. The van der Waals surface area contributed by atoms with Crippen LogP contribution < -0.4 is 10.5 Å². The molecule has 2 nitrogen and oxygen atoms in total. The van der Waals surface area contributed by atoms with Crippen molar-refractivity contribution in [2.75, 3.05) is 0 Å². The van der Waals surface area contributed by atoms with Crippen LogP contribution >= 0.6 is 23.2 Å². The van der Waals surface area contributed by atoms with E-state index in [9.17, 15) is 4.39 Å². The van der Waals surface area contributed by atoms with E-state index in [1.165, 1.54) is 6.07 Å². The van der Waals surface area contributed by atoms with Crippen LogP contribution in [-0.2, 0) is 6.42 Å². The highest BCUT2D eigenvalue weighted by Gasteiger charge is 2.10. The van der Waals surface area contributed by atoms with E-state index in [1.54, 1.807) is 30.3 Å². The Morgan fingerprint density at radius 1 is 1.15 bits per heavy atom. The molecule has 1 unspecified atom stereocenters. The lowest BCUT2D eigenvalue weighted by Crippen LogP contribution is -2.17. The fourth-order valence-corrected chi connectivity index (χ4v) is 2.12. The molecule has 2 N–H and O–H groups in total. The van der Waals surface area contributed by atoms with E-state index >= 15 is 0 Å². The van der Waals surface area contributed by atoms with Gasteiger partial charge in [-0.3, -0.25) is 0 Å². The standard InChI is InChI=1S/C15H14Cl2FNO/c1-9(19)6-10-2-5-14(13(18)7-10)20-15-8-11(16)3-4-12(15)17/h2-5,7-9H,6,19H2,1H3. The molecule has 0 amide bonds. The molecule has 20 heavy (non-hydrogen) atoms. The maximum Gasteiger partial charge on any atom is 0.165 e. The molecule has 0 bridgehead atoms. The van der Waals surface area contributed by atoms with Crippen molar-refractivity contribution < 1.29 is 9.13 Å². The fourth-order valence-electron chi connectivity index (χ4n) is 1.80. The van der Waals surface area contributed by atoms with Gasteiger partial charge in [-0.2, -0.15) is 0 Å². The second kappa shape index (κ2) is 6.44. The third-order valence-electron chi connectivity index (χ3n) is 2.67. The van der Waals surface area contributed by atoms with Crippen molar-refractivity contribution in [1.82, 2.24) is 0 Å². The van der Waals surface area contributed by atoms with E-state index in [-0.39, 0.29) is 11.8 Å². The van der Waals surface area contributed by atoms with Gasteiger partial charge in [-0.1, -0.05) is 29.3 Å². The minimum Gasteiger partial charge on any atom is -0.453 e. The summed E-state index contributed by atoms with van der Waals surface area (Å²) in [5.41, 5.74) is 6.51. The number of hydrogen-bond acceptors (Lipinski definition) is 2. The SMILES string of the molecule is CC(N)Cc1ccc(Oc2cc(Cl)ccc2Cl)c(F)c1. The molecule has 2 aromatic rings. The topological polar surface area (TPSA) is 35.2 Å². The van der Waals surface area contributed by atoms with E-state index in [4.69, 9.17) is 33.7 Å². The Labute approximate surface area is 127 Å². The molecule has 0 saturated heterocycles. The molecule has 0 heterocycles. The van der Waals surface area contributed by atoms with Crippen LogP contribution in [0.5, 0.6) is 11.5 Å². The molecule has 0 fully saturated rings. The molecule has 106 valence electrons. The van der Waals surface area contributed by atoms with Crippen LogP contribution in [0, 0.1) is 5.82 Å². The number of ether oxygens (including phenoxy) is 1. The summed E-state index contributed by atoms with van der Waals surface area (Å²) < 4.78 is 19.4. The molecule has 0 spiro atoms. The van der Waals surface area contributed by atoms with Gasteiger partial charge in [-0.25, -0.2) is 4.39 Å². The summed E-state index contributed by atoms with van der Waals surface area (Å²) in [6, 6.07) is 9.50. The van der Waals surface area contributed by atoms with Gasteiger partial charge >= 0.3 is 0 Å². The van der Waals surface area contributed by atoms with Crippen LogP contribution in [0.4, 0.5) is 4.39 Å². The van der Waals surface area contributed by atoms with Gasteiger partial charge in [-0.15, -0.1) is 0 Å². The van der Waals surface area contributed by atoms with Crippen molar-refractivity contribution in [3.05, 3.63) is 57.8 Å². The molecule has 2 rings (SSSR count). The molecular formula is C15H14Cl2FNO. The quantitative estimate of drug-likeness (QED) is 0.878. The Morgan fingerprint density at radius 2 is 1.90 bits per heavy atom. The highest BCUT2D eigenvalue weighted by Crippen LogP contribution is 2.33. The number of halogens is 3. The van der Waals surface area contributed by atoms with Gasteiger partial charge in [-0.05, 0) is 43.2 Å². The van der Waals surface area contributed by atoms with E-state index in [2.05, 4.69) is 0 Å². The van der Waals surface area contributed by atoms with Crippen LogP contribution in [0.25, 0.3) is 0 Å². The summed E-state index contributed by atoms with van der Waals surface area (Å²) in [4.78, 5) is 0. The summed E-state index contributed by atoms with van der Waals surface area (Å²) in [6.07, 6.45) is 0.606. The molecule has 0 radical (unpaired) electrons. The molecule has 0 aliphatic heterocycles. The normalized spacial score (nSPS) is 12.2. The Hall–Kier alpha value is -1.29. The van der Waals surface area contributed by atoms with E-state index in [1.807, 2.05) is 6.92 Å². The van der Waals surface area contributed by atoms with Crippen molar-refractivity contribution in [2.24, 2.45) is 5.73 Å². The first-order chi connectivity index (χ1) is 9.45. The molecule has 1 atom stereocenters. The molecule has 0 aliphatic rings. The van der Waals surface area contributed by atoms with E-state index in [0.717, 1.165) is 5.56 Å².